The Morgan fingerprint density at radius 3 is 2.50 bits per heavy atom. The lowest BCUT2D eigenvalue weighted by Gasteiger charge is -2.36. The molecule has 1 aromatic carbocycles. The van der Waals surface area contributed by atoms with Crippen molar-refractivity contribution in [3.63, 3.8) is 0 Å². The zero-order valence-electron chi connectivity index (χ0n) is 28.1. The zero-order valence-corrected chi connectivity index (χ0v) is 28.8. The van der Waals surface area contributed by atoms with Crippen molar-refractivity contribution in [1.29, 1.82) is 0 Å². The molecule has 6 rings (SSSR count). The molecule has 260 valence electrons. The number of Topliss-reactive ketones (excluding diaryl/α,β-unsaturated/α-hetero) is 1. The Hall–Kier alpha value is -3.67. The molecule has 2 unspecified atom stereocenters. The number of rotatable bonds is 10. The first-order valence-electron chi connectivity index (χ1n) is 17.1. The summed E-state index contributed by atoms with van der Waals surface area (Å²) < 4.78 is 5.85. The quantitative estimate of drug-likeness (QED) is 0.318. The number of oxime groups is 1. The molecule has 4 amide bonds. The van der Waals surface area contributed by atoms with E-state index in [0.717, 1.165) is 44.1 Å². The SMILES string of the molecule is CNC(=O)C(=O)[C@H](CC1CC1)NC(=O)[C@@H]1C[C@]2(CC(c3cccc(Cl)c3)=NO2)CN1C(=O)[C@@H](NC(=O)O[C@H]1CC2CCC1C2)C(C)(C)C. The van der Waals surface area contributed by atoms with Gasteiger partial charge in [-0.25, -0.2) is 4.79 Å². The fraction of sp³-hybridized carbons (Fsp3) is 0.657. The molecule has 1 saturated heterocycles. The van der Waals surface area contributed by atoms with Crippen LogP contribution < -0.4 is 16.0 Å². The van der Waals surface area contributed by atoms with Crippen LogP contribution in [-0.4, -0.2) is 83.6 Å². The highest BCUT2D eigenvalue weighted by molar-refractivity contribution is 6.38. The van der Waals surface area contributed by atoms with E-state index in [2.05, 4.69) is 21.1 Å². The van der Waals surface area contributed by atoms with Gasteiger partial charge in [0.2, 0.25) is 17.6 Å². The topological polar surface area (TPSA) is 156 Å². The number of halogens is 1. The summed E-state index contributed by atoms with van der Waals surface area (Å²) in [5, 5.41) is 12.9. The smallest absolute Gasteiger partial charge is 0.408 e. The Bertz CT molecular complexity index is 1510. The number of amides is 4. The molecule has 1 spiro atoms. The van der Waals surface area contributed by atoms with Gasteiger partial charge >= 0.3 is 6.09 Å². The van der Waals surface area contributed by atoms with Crippen LogP contribution in [0.2, 0.25) is 5.02 Å². The number of alkyl carbamates (subject to hydrolysis) is 1. The Morgan fingerprint density at radius 2 is 1.88 bits per heavy atom. The number of nitrogens with zero attached hydrogens (tertiary/aromatic N) is 2. The number of benzene rings is 1. The highest BCUT2D eigenvalue weighted by atomic mass is 35.5. The lowest BCUT2D eigenvalue weighted by atomic mass is 9.85. The second-order valence-corrected chi connectivity index (χ2v) is 15.9. The average molecular weight is 684 g/mol. The average Bonchev–Trinajstić information content (AvgIpc) is 3.38. The molecule has 7 atom stereocenters. The number of likely N-dealkylation sites (N-methyl/N-ethyl adjacent to an activating group) is 1. The number of carbonyl (C=O) groups is 5. The van der Waals surface area contributed by atoms with Crippen molar-refractivity contribution in [2.45, 2.75) is 108 Å². The van der Waals surface area contributed by atoms with E-state index in [1.807, 2.05) is 32.9 Å². The molecule has 3 N–H and O–H groups in total. The van der Waals surface area contributed by atoms with Crippen molar-refractivity contribution in [1.82, 2.24) is 20.9 Å². The third kappa shape index (κ3) is 7.33. The van der Waals surface area contributed by atoms with E-state index >= 15 is 0 Å². The van der Waals surface area contributed by atoms with E-state index in [1.54, 1.807) is 12.1 Å². The maximum atomic E-state index is 14.5. The first-order valence-corrected chi connectivity index (χ1v) is 17.5. The highest BCUT2D eigenvalue weighted by Gasteiger charge is 2.56. The van der Waals surface area contributed by atoms with Crippen LogP contribution in [0.4, 0.5) is 4.79 Å². The molecule has 2 heterocycles. The second kappa shape index (κ2) is 13.3. The normalized spacial score (nSPS) is 28.8. The molecule has 13 heteroatoms. The lowest BCUT2D eigenvalue weighted by Crippen LogP contribution is -2.59. The van der Waals surface area contributed by atoms with Crippen LogP contribution in [0.15, 0.2) is 29.4 Å². The molecule has 48 heavy (non-hydrogen) atoms. The van der Waals surface area contributed by atoms with Crippen LogP contribution in [0.3, 0.4) is 0 Å². The van der Waals surface area contributed by atoms with Crippen LogP contribution in [0.5, 0.6) is 0 Å². The van der Waals surface area contributed by atoms with E-state index < -0.39 is 58.7 Å². The molecular weight excluding hydrogens is 638 g/mol. The predicted molar refractivity (Wildman–Crippen MR) is 177 cm³/mol. The van der Waals surface area contributed by atoms with Crippen molar-refractivity contribution >= 4 is 46.9 Å². The first kappa shape index (κ1) is 34.2. The van der Waals surface area contributed by atoms with Crippen molar-refractivity contribution in [2.24, 2.45) is 28.3 Å². The standard InChI is InChI=1S/C35H46ClN5O7/c1-34(2,3)29(39-33(46)47-27-14-20-10-11-22(27)12-20)32(45)41-18-35(16-25(40-48-35)21-6-5-7-23(36)15-21)17-26(41)30(43)38-24(13-19-8-9-19)28(42)31(44)37-4/h5-7,15,19-20,22,24,26-27,29H,8-14,16-18H2,1-4H3,(H,37,44)(H,38,43)(H,39,46)/t20?,22?,24-,26-,27-,29+,35+/m0/s1. The summed E-state index contributed by atoms with van der Waals surface area (Å²) in [6, 6.07) is 4.09. The lowest BCUT2D eigenvalue weighted by molar-refractivity contribution is -0.144. The monoisotopic (exact) mass is 683 g/mol. The zero-order chi connectivity index (χ0) is 34.4. The molecule has 12 nitrogen and oxygen atoms in total. The number of ether oxygens (including phenoxy) is 1. The maximum absolute atomic E-state index is 14.5. The van der Waals surface area contributed by atoms with Crippen molar-refractivity contribution in [3.05, 3.63) is 34.9 Å². The van der Waals surface area contributed by atoms with Crippen molar-refractivity contribution < 1.29 is 33.5 Å². The third-order valence-electron chi connectivity index (χ3n) is 10.6. The largest absolute Gasteiger partial charge is 0.446 e. The minimum absolute atomic E-state index is 0.0177. The van der Waals surface area contributed by atoms with E-state index in [9.17, 15) is 24.0 Å². The van der Waals surface area contributed by atoms with Gasteiger partial charge in [-0.1, -0.05) is 62.5 Å². The number of nitrogens with one attached hydrogen (secondary N) is 3. The fourth-order valence-electron chi connectivity index (χ4n) is 7.85. The molecule has 0 radical (unpaired) electrons. The molecule has 3 saturated carbocycles. The van der Waals surface area contributed by atoms with E-state index in [1.165, 1.54) is 11.9 Å². The molecule has 0 aromatic heterocycles. The Morgan fingerprint density at radius 1 is 1.10 bits per heavy atom. The molecule has 5 aliphatic rings. The summed E-state index contributed by atoms with van der Waals surface area (Å²) in [6.07, 6.45) is 5.86. The maximum Gasteiger partial charge on any atom is 0.408 e. The van der Waals surface area contributed by atoms with Gasteiger partial charge in [-0.15, -0.1) is 0 Å². The van der Waals surface area contributed by atoms with E-state index in [0.29, 0.717) is 35.4 Å². The number of carbonyl (C=O) groups excluding carboxylic acids is 5. The van der Waals surface area contributed by atoms with Crippen LogP contribution in [0.25, 0.3) is 0 Å². The van der Waals surface area contributed by atoms with Gasteiger partial charge in [-0.05, 0) is 67.4 Å². The molecule has 2 bridgehead atoms. The first-order chi connectivity index (χ1) is 22.7. The predicted octanol–water partition coefficient (Wildman–Crippen LogP) is 3.73. The Labute approximate surface area is 286 Å². The van der Waals surface area contributed by atoms with Crippen LogP contribution in [0, 0.1) is 23.2 Å². The fourth-order valence-corrected chi connectivity index (χ4v) is 8.04. The number of ketones is 1. The van der Waals surface area contributed by atoms with Crippen molar-refractivity contribution in [2.75, 3.05) is 13.6 Å². The van der Waals surface area contributed by atoms with Gasteiger partial charge in [0.1, 0.15) is 18.2 Å². The highest BCUT2D eigenvalue weighted by Crippen LogP contribution is 2.46. The molecule has 3 aliphatic carbocycles. The summed E-state index contributed by atoms with van der Waals surface area (Å²) in [6.45, 7) is 5.54. The van der Waals surface area contributed by atoms with Crippen LogP contribution in [-0.2, 0) is 28.8 Å². The number of likely N-dealkylation sites (tertiary alicyclic amines) is 1. The number of hydrogen-bond donors (Lipinski definition) is 3. The van der Waals surface area contributed by atoms with Gasteiger partial charge in [0, 0.05) is 30.5 Å². The van der Waals surface area contributed by atoms with E-state index in [-0.39, 0.29) is 25.0 Å². The minimum atomic E-state index is -1.06. The minimum Gasteiger partial charge on any atom is -0.446 e. The van der Waals surface area contributed by atoms with Gasteiger partial charge in [0.05, 0.1) is 18.3 Å². The summed E-state index contributed by atoms with van der Waals surface area (Å²) in [7, 11) is 1.37. The summed E-state index contributed by atoms with van der Waals surface area (Å²) in [5.74, 6) is -1.39. The van der Waals surface area contributed by atoms with Gasteiger partial charge in [-0.3, -0.25) is 19.2 Å². The molecule has 4 fully saturated rings. The summed E-state index contributed by atoms with van der Waals surface area (Å²) >= 11 is 6.24. The Kier molecular flexibility index (Phi) is 9.50. The van der Waals surface area contributed by atoms with Gasteiger partial charge < -0.3 is 30.4 Å². The van der Waals surface area contributed by atoms with Gasteiger partial charge in [-0.2, -0.15) is 0 Å². The number of fused-ring (bicyclic) bond motifs is 2. The summed E-state index contributed by atoms with van der Waals surface area (Å²) in [4.78, 5) is 74.7. The van der Waals surface area contributed by atoms with Crippen molar-refractivity contribution in [3.8, 4) is 0 Å². The van der Waals surface area contributed by atoms with Crippen LogP contribution in [0.1, 0.15) is 84.1 Å². The van der Waals surface area contributed by atoms with E-state index in [4.69, 9.17) is 21.2 Å². The Balaban J connectivity index is 1.24. The molecular formula is C35H46ClN5O7. The molecule has 2 aliphatic heterocycles. The number of hydrogen-bond acceptors (Lipinski definition) is 8. The van der Waals surface area contributed by atoms with Gasteiger partial charge in [0.25, 0.3) is 5.91 Å². The second-order valence-electron chi connectivity index (χ2n) is 15.4. The van der Waals surface area contributed by atoms with Gasteiger partial charge in [0.15, 0.2) is 5.60 Å². The third-order valence-corrected chi connectivity index (χ3v) is 10.9. The summed E-state index contributed by atoms with van der Waals surface area (Å²) in [5.41, 5.74) is -0.377. The van der Waals surface area contributed by atoms with Crippen LogP contribution >= 0.6 is 11.6 Å². The molecule has 1 aromatic rings.